The van der Waals surface area contributed by atoms with E-state index in [-0.39, 0.29) is 48.8 Å². The van der Waals surface area contributed by atoms with Crippen LogP contribution in [0.4, 0.5) is 11.5 Å². The number of nitrogen functional groups attached to an aromatic ring is 1. The second-order valence-electron chi connectivity index (χ2n) is 14.4. The molecule has 50 heavy (non-hydrogen) atoms. The molecular formula is C36H48N8O5S. The molecule has 0 bridgehead atoms. The Balaban J connectivity index is 1.19. The van der Waals surface area contributed by atoms with Gasteiger partial charge in [-0.2, -0.15) is 0 Å². The van der Waals surface area contributed by atoms with Crippen molar-refractivity contribution < 1.29 is 24.6 Å². The van der Waals surface area contributed by atoms with Gasteiger partial charge in [-0.05, 0) is 30.4 Å². The highest BCUT2D eigenvalue weighted by atomic mass is 32.1. The van der Waals surface area contributed by atoms with Gasteiger partial charge in [0.1, 0.15) is 5.78 Å². The Morgan fingerprint density at radius 1 is 1.12 bits per heavy atom. The Labute approximate surface area is 297 Å². The number of thiazole rings is 1. The highest BCUT2D eigenvalue weighted by Crippen LogP contribution is 2.35. The molecule has 4 atom stereocenters. The molecule has 1 aromatic carbocycles. The topological polar surface area (TPSA) is 178 Å². The predicted molar refractivity (Wildman–Crippen MR) is 194 cm³/mol. The van der Waals surface area contributed by atoms with Crippen molar-refractivity contribution in [1.29, 1.82) is 0 Å². The first kappa shape index (κ1) is 36.9. The number of amides is 1. The number of Topliss-reactive ketones (excluding diaryl/α,β-unsaturated/α-hetero) is 1. The lowest BCUT2D eigenvalue weighted by Crippen LogP contribution is -2.49. The lowest BCUT2D eigenvalue weighted by molar-refractivity contribution is -0.142. The van der Waals surface area contributed by atoms with Crippen molar-refractivity contribution in [2.75, 3.05) is 49.9 Å². The Kier molecular flexibility index (Phi) is 11.2. The van der Waals surface area contributed by atoms with Crippen LogP contribution in [0, 0.1) is 18.3 Å². The number of nitrogens with zero attached hydrogens (tertiary/aromatic N) is 6. The van der Waals surface area contributed by atoms with E-state index in [1.165, 1.54) is 6.07 Å². The molecule has 3 aromatic rings. The second kappa shape index (κ2) is 15.2. The van der Waals surface area contributed by atoms with E-state index in [4.69, 9.17) is 5.73 Å². The number of aliphatic hydroxyl groups excluding tert-OH is 1. The largest absolute Gasteiger partial charge is 0.476 e. The number of hydrogen-bond acceptors (Lipinski definition) is 12. The summed E-state index contributed by atoms with van der Waals surface area (Å²) in [6.45, 7) is 16.8. The zero-order chi connectivity index (χ0) is 36.3. The zero-order valence-electron chi connectivity index (χ0n) is 29.4. The standard InChI is InChI=1S/C36H48N8O5S/c1-21(24-7-9-25(10-8-24)32-23(3)38-20-50-32)39-22(2)30-16-27(46)19-44(30)34(47)28(36(4,5)6)15-26(45)18-42-11-13-43(14-12-42)31-17-29(35(48)49)40-41-33(31)37/h7-10,17,20-21,27-28,30,39,46H,2,11-16,18-19H2,1,3-6H3,(H2,37,41)(H,48,49)/t21-,27+,28+,30-/m1/s1. The van der Waals surface area contributed by atoms with Gasteiger partial charge in [0, 0.05) is 69.3 Å². The summed E-state index contributed by atoms with van der Waals surface area (Å²) in [7, 11) is 0. The number of carbonyl (C=O) groups excluding carboxylic acids is 2. The molecule has 2 aliphatic rings. The van der Waals surface area contributed by atoms with Crippen molar-refractivity contribution in [3.05, 3.63) is 65.1 Å². The van der Waals surface area contributed by atoms with E-state index in [1.54, 1.807) is 16.2 Å². The molecule has 0 radical (unpaired) electrons. The first-order valence-corrected chi connectivity index (χ1v) is 17.8. The lowest BCUT2D eigenvalue weighted by Gasteiger charge is -2.37. The molecule has 2 fully saturated rings. The minimum Gasteiger partial charge on any atom is -0.476 e. The first-order valence-electron chi connectivity index (χ1n) is 16.9. The van der Waals surface area contributed by atoms with Gasteiger partial charge in [-0.3, -0.25) is 14.5 Å². The van der Waals surface area contributed by atoms with Crippen LogP contribution in [0.1, 0.15) is 68.3 Å². The van der Waals surface area contributed by atoms with E-state index < -0.39 is 29.4 Å². The number of aromatic nitrogens is 3. The lowest BCUT2D eigenvalue weighted by atomic mass is 9.76. The summed E-state index contributed by atoms with van der Waals surface area (Å²) < 4.78 is 0. The maximum absolute atomic E-state index is 14.2. The molecular weight excluding hydrogens is 657 g/mol. The number of β-amino-alcohol motifs (C(OH)–C–C–N with tert-alkyl or cyclic N) is 1. The van der Waals surface area contributed by atoms with Crippen molar-refractivity contribution in [3.63, 3.8) is 0 Å². The molecule has 5 rings (SSSR count). The number of carbonyl (C=O) groups is 3. The fourth-order valence-corrected chi connectivity index (χ4v) is 7.56. The molecule has 5 N–H and O–H groups in total. The van der Waals surface area contributed by atoms with Crippen LogP contribution in [0.5, 0.6) is 0 Å². The predicted octanol–water partition coefficient (Wildman–Crippen LogP) is 3.76. The third-order valence-corrected chi connectivity index (χ3v) is 10.7. The number of nitrogens with two attached hydrogens (primary N) is 1. The van der Waals surface area contributed by atoms with Gasteiger partial charge in [-0.15, -0.1) is 21.5 Å². The summed E-state index contributed by atoms with van der Waals surface area (Å²) >= 11 is 1.61. The van der Waals surface area contributed by atoms with Gasteiger partial charge in [0.15, 0.2) is 11.5 Å². The van der Waals surface area contributed by atoms with Gasteiger partial charge >= 0.3 is 5.97 Å². The molecule has 0 saturated carbocycles. The number of anilines is 2. The van der Waals surface area contributed by atoms with Crippen molar-refractivity contribution in [3.8, 4) is 10.4 Å². The van der Waals surface area contributed by atoms with Crippen LogP contribution in [0.15, 0.2) is 48.1 Å². The number of rotatable bonds is 12. The highest BCUT2D eigenvalue weighted by molar-refractivity contribution is 7.13. The molecule has 4 heterocycles. The monoisotopic (exact) mass is 704 g/mol. The number of benzene rings is 1. The van der Waals surface area contributed by atoms with Crippen LogP contribution in [0.3, 0.4) is 0 Å². The number of ketones is 1. The number of aliphatic hydroxyl groups is 1. The minimum atomic E-state index is -1.18. The molecule has 14 heteroatoms. The van der Waals surface area contributed by atoms with Crippen molar-refractivity contribution in [2.24, 2.45) is 11.3 Å². The van der Waals surface area contributed by atoms with Crippen molar-refractivity contribution in [1.82, 2.24) is 30.3 Å². The van der Waals surface area contributed by atoms with E-state index in [0.717, 1.165) is 21.7 Å². The second-order valence-corrected chi connectivity index (χ2v) is 15.3. The fourth-order valence-electron chi connectivity index (χ4n) is 6.75. The van der Waals surface area contributed by atoms with Crippen LogP contribution in [0.2, 0.25) is 0 Å². The zero-order valence-corrected chi connectivity index (χ0v) is 30.2. The van der Waals surface area contributed by atoms with E-state index in [2.05, 4.69) is 51.3 Å². The number of carboxylic acids is 1. The SMILES string of the molecule is C=C(N[C@H](C)c1ccc(-c2scnc2C)cc1)[C@H]1C[C@H](O)CN1C(=O)[C@H](CC(=O)CN1CCN(c2cc(C(=O)O)nnc2N)CC1)C(C)(C)C. The Hall–Kier alpha value is -4.40. The molecule has 13 nitrogen and oxygen atoms in total. The number of carboxylic acid groups (broad SMARTS) is 1. The van der Waals surface area contributed by atoms with E-state index >= 15 is 0 Å². The fraction of sp³-hybridized carbons (Fsp3) is 0.500. The van der Waals surface area contributed by atoms with Crippen molar-refractivity contribution >= 4 is 40.5 Å². The quantitative estimate of drug-likeness (QED) is 0.215. The summed E-state index contributed by atoms with van der Waals surface area (Å²) in [5.74, 6) is -1.81. The third-order valence-electron chi connectivity index (χ3n) is 9.69. The molecule has 0 aliphatic carbocycles. The summed E-state index contributed by atoms with van der Waals surface area (Å²) in [4.78, 5) is 50.3. The smallest absolute Gasteiger partial charge is 0.356 e. The van der Waals surface area contributed by atoms with Gasteiger partial charge in [-0.1, -0.05) is 51.6 Å². The Morgan fingerprint density at radius 3 is 2.40 bits per heavy atom. The van der Waals surface area contributed by atoms with Crippen LogP contribution < -0.4 is 16.0 Å². The Bertz CT molecular complexity index is 1710. The average Bonchev–Trinajstić information content (AvgIpc) is 3.68. The molecule has 0 spiro atoms. The molecule has 2 aromatic heterocycles. The number of nitrogens with one attached hydrogen (secondary N) is 1. The van der Waals surface area contributed by atoms with Gasteiger partial charge in [0.25, 0.3) is 0 Å². The van der Waals surface area contributed by atoms with Crippen LogP contribution in [0.25, 0.3) is 10.4 Å². The Morgan fingerprint density at radius 2 is 1.80 bits per heavy atom. The third kappa shape index (κ3) is 8.48. The van der Waals surface area contributed by atoms with E-state index in [1.807, 2.05) is 49.9 Å². The molecule has 268 valence electrons. The summed E-state index contributed by atoms with van der Waals surface area (Å²) in [6, 6.07) is 9.25. The van der Waals surface area contributed by atoms with Gasteiger partial charge in [0.05, 0.1) is 40.5 Å². The van der Waals surface area contributed by atoms with E-state index in [9.17, 15) is 24.6 Å². The summed E-state index contributed by atoms with van der Waals surface area (Å²) in [5.41, 5.74) is 11.5. The van der Waals surface area contributed by atoms with Crippen molar-refractivity contribution in [2.45, 2.75) is 65.6 Å². The molecule has 0 unspecified atom stereocenters. The van der Waals surface area contributed by atoms with Gasteiger partial charge < -0.3 is 31.1 Å². The van der Waals surface area contributed by atoms with Crippen LogP contribution >= 0.6 is 11.3 Å². The number of piperazine rings is 1. The van der Waals surface area contributed by atoms with Gasteiger partial charge in [0.2, 0.25) is 5.91 Å². The first-order chi connectivity index (χ1) is 23.6. The molecule has 2 saturated heterocycles. The maximum Gasteiger partial charge on any atom is 0.356 e. The number of aryl methyl sites for hydroxylation is 1. The van der Waals surface area contributed by atoms with Crippen LogP contribution in [-0.2, 0) is 9.59 Å². The molecule has 2 aliphatic heterocycles. The highest BCUT2D eigenvalue weighted by Gasteiger charge is 2.43. The minimum absolute atomic E-state index is 0.0381. The average molecular weight is 705 g/mol. The summed E-state index contributed by atoms with van der Waals surface area (Å²) in [6.07, 6.45) is -0.245. The number of likely N-dealkylation sites (tertiary alicyclic amines) is 1. The number of hydrogen-bond donors (Lipinski definition) is 4. The van der Waals surface area contributed by atoms with Crippen LogP contribution in [-0.4, -0.2) is 104 Å². The molecule has 1 amide bonds. The normalized spacial score (nSPS) is 19.6. The van der Waals surface area contributed by atoms with E-state index in [0.29, 0.717) is 44.0 Å². The maximum atomic E-state index is 14.2. The summed E-state index contributed by atoms with van der Waals surface area (Å²) in [5, 5.41) is 30.9. The number of aromatic carboxylic acids is 1. The van der Waals surface area contributed by atoms with Gasteiger partial charge in [-0.25, -0.2) is 9.78 Å².